The van der Waals surface area contributed by atoms with Gasteiger partial charge in [0.15, 0.2) is 17.3 Å². The summed E-state index contributed by atoms with van der Waals surface area (Å²) in [5.41, 5.74) is 3.37. The third-order valence-electron chi connectivity index (χ3n) is 4.50. The molecule has 1 atom stereocenters. The normalized spacial score (nSPS) is 20.4. The largest absolute Gasteiger partial charge is 0.503 e. The van der Waals surface area contributed by atoms with Crippen molar-refractivity contribution in [2.24, 2.45) is 0 Å². The Balaban J connectivity index is 2.23. The smallest absolute Gasteiger partial charge is 0.176 e. The van der Waals surface area contributed by atoms with Gasteiger partial charge in [0.2, 0.25) is 0 Å². The number of hydrogen-bond donors (Lipinski definition) is 2. The molecule has 0 radical (unpaired) electrons. The molecule has 0 bridgehead atoms. The van der Waals surface area contributed by atoms with Gasteiger partial charge in [-0.1, -0.05) is 11.6 Å². The number of carbonyl (C=O) groups excluding carboxylic acids is 1. The first kappa shape index (κ1) is 16.4. The van der Waals surface area contributed by atoms with Crippen molar-refractivity contribution in [3.63, 3.8) is 0 Å². The molecule has 2 aliphatic rings. The molecule has 5 nitrogen and oxygen atoms in total. The van der Waals surface area contributed by atoms with E-state index in [4.69, 9.17) is 16.3 Å². The van der Waals surface area contributed by atoms with Gasteiger partial charge in [0, 0.05) is 23.4 Å². The van der Waals surface area contributed by atoms with Gasteiger partial charge < -0.3 is 15.2 Å². The van der Waals surface area contributed by atoms with Gasteiger partial charge in [-0.05, 0) is 37.5 Å². The van der Waals surface area contributed by atoms with Gasteiger partial charge in [-0.2, -0.15) is 5.26 Å². The van der Waals surface area contributed by atoms with Crippen LogP contribution in [0.4, 0.5) is 0 Å². The molecule has 1 aromatic rings. The fourth-order valence-corrected chi connectivity index (χ4v) is 3.60. The Labute approximate surface area is 145 Å². The number of Topliss-reactive ketones (excluding diaryl/α,β-unsaturated/α-hetero) is 1. The zero-order chi connectivity index (χ0) is 17.4. The van der Waals surface area contributed by atoms with Crippen LogP contribution in [0.15, 0.2) is 34.7 Å². The van der Waals surface area contributed by atoms with E-state index in [1.807, 2.05) is 6.92 Å². The molecule has 1 unspecified atom stereocenters. The summed E-state index contributed by atoms with van der Waals surface area (Å²) in [4.78, 5) is 12.5. The fourth-order valence-electron chi connectivity index (χ4n) is 3.38. The molecule has 2 N–H and O–H groups in total. The number of rotatable bonds is 2. The Morgan fingerprint density at radius 1 is 1.42 bits per heavy atom. The topological polar surface area (TPSA) is 82.3 Å². The van der Waals surface area contributed by atoms with Gasteiger partial charge in [0.1, 0.15) is 0 Å². The van der Waals surface area contributed by atoms with E-state index in [2.05, 4.69) is 11.4 Å². The second kappa shape index (κ2) is 6.21. The summed E-state index contributed by atoms with van der Waals surface area (Å²) in [5.74, 6) is -0.389. The minimum Gasteiger partial charge on any atom is -0.503 e. The lowest BCUT2D eigenvalue weighted by molar-refractivity contribution is -0.116. The van der Waals surface area contributed by atoms with E-state index < -0.39 is 5.92 Å². The Kier molecular flexibility index (Phi) is 4.25. The Bertz CT molecular complexity index is 833. The van der Waals surface area contributed by atoms with E-state index in [1.54, 1.807) is 12.1 Å². The molecule has 1 heterocycles. The fraction of sp³-hybridized carbons (Fsp3) is 0.333. The molecule has 0 saturated heterocycles. The van der Waals surface area contributed by atoms with Crippen molar-refractivity contribution in [3.05, 3.63) is 45.3 Å². The third kappa shape index (κ3) is 2.53. The average Bonchev–Trinajstić information content (AvgIpc) is 2.56. The number of ether oxygens (including phenoxy) is 1. The molecular formula is C18H17ClN2O3. The number of phenolic OH excluding ortho intramolecular Hbond substituents is 1. The third-order valence-corrected chi connectivity index (χ3v) is 4.79. The second-order valence-electron chi connectivity index (χ2n) is 5.93. The van der Waals surface area contributed by atoms with E-state index >= 15 is 0 Å². The Morgan fingerprint density at radius 3 is 2.83 bits per heavy atom. The minimum absolute atomic E-state index is 0.0390. The van der Waals surface area contributed by atoms with Crippen LogP contribution in [0.1, 0.15) is 37.7 Å². The number of nitrogens with one attached hydrogen (secondary N) is 1. The molecule has 0 aromatic heterocycles. The monoisotopic (exact) mass is 344 g/mol. The maximum atomic E-state index is 12.5. The lowest BCUT2D eigenvalue weighted by Gasteiger charge is -2.33. The van der Waals surface area contributed by atoms with Crippen molar-refractivity contribution >= 4 is 17.4 Å². The number of benzene rings is 1. The molecule has 0 amide bonds. The van der Waals surface area contributed by atoms with Crippen molar-refractivity contribution in [2.45, 2.75) is 32.1 Å². The van der Waals surface area contributed by atoms with Crippen LogP contribution in [0.3, 0.4) is 0 Å². The van der Waals surface area contributed by atoms with Crippen molar-refractivity contribution < 1.29 is 14.6 Å². The summed E-state index contributed by atoms with van der Waals surface area (Å²) in [5, 5.41) is 22.9. The second-order valence-corrected chi connectivity index (χ2v) is 6.34. The zero-order valence-electron chi connectivity index (χ0n) is 13.4. The minimum atomic E-state index is -0.494. The molecule has 0 fully saturated rings. The van der Waals surface area contributed by atoms with Crippen molar-refractivity contribution in [2.75, 3.05) is 7.11 Å². The van der Waals surface area contributed by atoms with Gasteiger partial charge in [0.25, 0.3) is 0 Å². The number of dihydropyridines is 1. The maximum absolute atomic E-state index is 12.5. The first-order chi connectivity index (χ1) is 11.5. The van der Waals surface area contributed by atoms with Crippen LogP contribution in [0, 0.1) is 11.3 Å². The first-order valence-corrected chi connectivity index (χ1v) is 8.06. The quantitative estimate of drug-likeness (QED) is 0.857. The molecule has 124 valence electrons. The van der Waals surface area contributed by atoms with Crippen LogP contribution in [0.5, 0.6) is 11.5 Å². The molecule has 24 heavy (non-hydrogen) atoms. The molecule has 1 aliphatic heterocycles. The summed E-state index contributed by atoms with van der Waals surface area (Å²) >= 11 is 6.11. The number of phenols is 1. The highest BCUT2D eigenvalue weighted by molar-refractivity contribution is 6.32. The van der Waals surface area contributed by atoms with Gasteiger partial charge in [-0.15, -0.1) is 0 Å². The highest BCUT2D eigenvalue weighted by atomic mass is 35.5. The molecule has 1 aromatic carbocycles. The standard InChI is InChI=1S/C18H17ClN2O3/c1-9-11(8-20)16(17-13(21-9)4-3-5-14(17)22)10-6-12(19)18(23)15(7-10)24-2/h6-7,16,21,23H,3-5H2,1-2H3. The summed E-state index contributed by atoms with van der Waals surface area (Å²) in [6, 6.07) is 5.43. The number of nitrogens with zero attached hydrogens (tertiary/aromatic N) is 1. The first-order valence-electron chi connectivity index (χ1n) is 7.68. The van der Waals surface area contributed by atoms with Gasteiger partial charge in [-0.25, -0.2) is 0 Å². The number of nitriles is 1. The van der Waals surface area contributed by atoms with E-state index in [9.17, 15) is 15.2 Å². The Morgan fingerprint density at radius 2 is 2.17 bits per heavy atom. The van der Waals surface area contributed by atoms with Crippen molar-refractivity contribution in [3.8, 4) is 17.6 Å². The summed E-state index contributed by atoms with van der Waals surface area (Å²) in [7, 11) is 1.43. The van der Waals surface area contributed by atoms with E-state index in [0.717, 1.165) is 24.2 Å². The van der Waals surface area contributed by atoms with Crippen LogP contribution < -0.4 is 10.1 Å². The predicted octanol–water partition coefficient (Wildman–Crippen LogP) is 3.55. The number of methoxy groups -OCH3 is 1. The molecule has 3 rings (SSSR count). The molecule has 6 heteroatoms. The Hall–Kier alpha value is -2.45. The zero-order valence-corrected chi connectivity index (χ0v) is 14.2. The number of hydrogen-bond acceptors (Lipinski definition) is 5. The lowest BCUT2D eigenvalue weighted by atomic mass is 9.75. The highest BCUT2D eigenvalue weighted by Crippen LogP contribution is 2.45. The maximum Gasteiger partial charge on any atom is 0.176 e. The number of aromatic hydroxyl groups is 1. The molecule has 1 aliphatic carbocycles. The van der Waals surface area contributed by atoms with Gasteiger partial charge in [0.05, 0.1) is 29.7 Å². The van der Waals surface area contributed by atoms with Crippen LogP contribution in [0.25, 0.3) is 0 Å². The number of ketones is 1. The number of halogens is 1. The number of allylic oxidation sites excluding steroid dienone is 4. The van der Waals surface area contributed by atoms with Crippen molar-refractivity contribution in [1.82, 2.24) is 5.32 Å². The predicted molar refractivity (Wildman–Crippen MR) is 89.7 cm³/mol. The van der Waals surface area contributed by atoms with Crippen LogP contribution in [0.2, 0.25) is 5.02 Å². The molecular weight excluding hydrogens is 328 g/mol. The van der Waals surface area contributed by atoms with Crippen LogP contribution in [-0.2, 0) is 4.79 Å². The van der Waals surface area contributed by atoms with E-state index in [0.29, 0.717) is 23.1 Å². The van der Waals surface area contributed by atoms with Gasteiger partial charge in [-0.3, -0.25) is 4.79 Å². The molecule has 0 saturated carbocycles. The van der Waals surface area contributed by atoms with Crippen LogP contribution in [-0.4, -0.2) is 18.0 Å². The lowest BCUT2D eigenvalue weighted by Crippen LogP contribution is -2.31. The van der Waals surface area contributed by atoms with Crippen LogP contribution >= 0.6 is 11.6 Å². The van der Waals surface area contributed by atoms with Crippen molar-refractivity contribution in [1.29, 1.82) is 5.26 Å². The summed E-state index contributed by atoms with van der Waals surface area (Å²) in [6.07, 6.45) is 2.04. The number of carbonyl (C=O) groups is 1. The average molecular weight is 345 g/mol. The van der Waals surface area contributed by atoms with E-state index in [-0.39, 0.29) is 22.3 Å². The highest BCUT2D eigenvalue weighted by Gasteiger charge is 2.36. The SMILES string of the molecule is COc1cc(C2C(C#N)=C(C)NC3=C2C(=O)CCC3)cc(Cl)c1O. The summed E-state index contributed by atoms with van der Waals surface area (Å²) in [6.45, 7) is 1.83. The summed E-state index contributed by atoms with van der Waals surface area (Å²) < 4.78 is 5.17. The molecule has 0 spiro atoms. The van der Waals surface area contributed by atoms with E-state index in [1.165, 1.54) is 7.11 Å². The van der Waals surface area contributed by atoms with Gasteiger partial charge >= 0.3 is 0 Å².